The fourth-order valence-corrected chi connectivity index (χ4v) is 4.84. The largest absolute Gasteiger partial charge is 0.383 e. The normalized spacial score (nSPS) is 17.3. The van der Waals surface area contributed by atoms with Gasteiger partial charge in [0.05, 0.1) is 18.8 Å². The molecule has 0 spiro atoms. The van der Waals surface area contributed by atoms with E-state index in [4.69, 9.17) is 16.3 Å². The van der Waals surface area contributed by atoms with Crippen molar-refractivity contribution in [1.29, 1.82) is 0 Å². The van der Waals surface area contributed by atoms with Gasteiger partial charge in [-0.05, 0) is 48.7 Å². The molecule has 0 amide bonds. The zero-order valence-electron chi connectivity index (χ0n) is 17.7. The molecule has 4 heterocycles. The Morgan fingerprint density at radius 2 is 1.97 bits per heavy atom. The van der Waals surface area contributed by atoms with Crippen molar-refractivity contribution in [3.63, 3.8) is 0 Å². The molecule has 1 saturated heterocycles. The Bertz CT molecular complexity index is 1030. The number of rotatable bonds is 5. The van der Waals surface area contributed by atoms with Gasteiger partial charge in [0, 0.05) is 50.4 Å². The summed E-state index contributed by atoms with van der Waals surface area (Å²) in [7, 11) is 1.74. The molecule has 7 nitrogen and oxygen atoms in total. The van der Waals surface area contributed by atoms with Crippen LogP contribution in [0.1, 0.15) is 36.0 Å². The van der Waals surface area contributed by atoms with E-state index in [2.05, 4.69) is 47.7 Å². The molecule has 1 aromatic carbocycles. The van der Waals surface area contributed by atoms with Crippen molar-refractivity contribution in [3.05, 3.63) is 64.8 Å². The number of ether oxygens (including phenoxy) is 1. The Kier molecular flexibility index (Phi) is 5.89. The molecule has 0 N–H and O–H groups in total. The van der Waals surface area contributed by atoms with Gasteiger partial charge in [-0.3, -0.25) is 9.47 Å². The van der Waals surface area contributed by atoms with Gasteiger partial charge in [0.2, 0.25) is 0 Å². The van der Waals surface area contributed by atoms with Crippen molar-refractivity contribution in [2.75, 3.05) is 38.3 Å². The Labute approximate surface area is 187 Å². The number of halogens is 1. The predicted molar refractivity (Wildman–Crippen MR) is 121 cm³/mol. The first-order valence-electron chi connectivity index (χ1n) is 10.8. The van der Waals surface area contributed by atoms with Crippen LogP contribution >= 0.6 is 11.6 Å². The fraction of sp³-hybridized carbons (Fsp3) is 0.435. The van der Waals surface area contributed by atoms with E-state index < -0.39 is 0 Å². The van der Waals surface area contributed by atoms with Gasteiger partial charge in [0.15, 0.2) is 5.82 Å². The highest BCUT2D eigenvalue weighted by Gasteiger charge is 2.30. The van der Waals surface area contributed by atoms with Crippen molar-refractivity contribution in [2.24, 2.45) is 0 Å². The Morgan fingerprint density at radius 3 is 2.74 bits per heavy atom. The maximum absolute atomic E-state index is 6.35. The summed E-state index contributed by atoms with van der Waals surface area (Å²) in [6.07, 6.45) is 3.92. The SMILES string of the molecule is COCCN1Cc2cc(Cl)ccc2-n2c(nnc2C2CCN(c3ccccn3)CC2)C1. The zero-order chi connectivity index (χ0) is 21.2. The molecule has 31 heavy (non-hydrogen) atoms. The van der Waals surface area contributed by atoms with Crippen LogP contribution in [0.3, 0.4) is 0 Å². The standard InChI is InChI=1S/C23H27ClN6O/c1-31-13-12-28-15-18-14-19(24)5-6-20(18)30-22(16-28)26-27-23(30)17-7-10-29(11-8-17)21-4-2-3-9-25-21/h2-6,9,14,17H,7-8,10-13,15-16H2,1H3. The molecule has 2 aliphatic heterocycles. The second-order valence-corrected chi connectivity index (χ2v) is 8.67. The molecule has 0 bridgehead atoms. The lowest BCUT2D eigenvalue weighted by molar-refractivity contribution is 0.139. The van der Waals surface area contributed by atoms with Gasteiger partial charge in [-0.2, -0.15) is 0 Å². The van der Waals surface area contributed by atoms with E-state index in [1.807, 2.05) is 24.4 Å². The molecule has 0 unspecified atom stereocenters. The molecule has 8 heteroatoms. The third-order valence-corrected chi connectivity index (χ3v) is 6.48. The van der Waals surface area contributed by atoms with Gasteiger partial charge in [0.25, 0.3) is 0 Å². The van der Waals surface area contributed by atoms with Crippen molar-refractivity contribution >= 4 is 17.4 Å². The number of nitrogens with zero attached hydrogens (tertiary/aromatic N) is 6. The number of benzene rings is 1. The maximum atomic E-state index is 6.35. The monoisotopic (exact) mass is 438 g/mol. The van der Waals surface area contributed by atoms with E-state index in [9.17, 15) is 0 Å². The summed E-state index contributed by atoms with van der Waals surface area (Å²) < 4.78 is 7.59. The van der Waals surface area contributed by atoms with E-state index in [0.717, 1.165) is 73.7 Å². The van der Waals surface area contributed by atoms with Crippen molar-refractivity contribution in [1.82, 2.24) is 24.6 Å². The van der Waals surface area contributed by atoms with Crippen molar-refractivity contribution in [2.45, 2.75) is 31.8 Å². The molecule has 0 saturated carbocycles. The molecule has 0 atom stereocenters. The quantitative estimate of drug-likeness (QED) is 0.605. The number of fused-ring (bicyclic) bond motifs is 3. The van der Waals surface area contributed by atoms with Gasteiger partial charge in [-0.25, -0.2) is 4.98 Å². The minimum absolute atomic E-state index is 0.371. The molecule has 2 aliphatic rings. The van der Waals surface area contributed by atoms with Crippen LogP contribution in [-0.2, 0) is 17.8 Å². The van der Waals surface area contributed by atoms with Crippen LogP contribution in [-0.4, -0.2) is 58.0 Å². The number of hydrogen-bond acceptors (Lipinski definition) is 6. The summed E-state index contributed by atoms with van der Waals surface area (Å²) in [5.74, 6) is 3.47. The van der Waals surface area contributed by atoms with Gasteiger partial charge >= 0.3 is 0 Å². The second kappa shape index (κ2) is 8.94. The highest BCUT2D eigenvalue weighted by Crippen LogP contribution is 2.34. The molecule has 3 aromatic rings. The van der Waals surface area contributed by atoms with Gasteiger partial charge in [-0.1, -0.05) is 17.7 Å². The lowest BCUT2D eigenvalue weighted by Gasteiger charge is -2.32. The molecule has 1 fully saturated rings. The van der Waals surface area contributed by atoms with Gasteiger partial charge < -0.3 is 9.64 Å². The lowest BCUT2D eigenvalue weighted by Crippen LogP contribution is -2.34. The number of aromatic nitrogens is 4. The summed E-state index contributed by atoms with van der Waals surface area (Å²) in [6.45, 7) is 5.03. The average Bonchev–Trinajstić information content (AvgIpc) is 3.14. The number of methoxy groups -OCH3 is 1. The first kappa shape index (κ1) is 20.4. The van der Waals surface area contributed by atoms with Crippen LogP contribution < -0.4 is 4.90 Å². The Hall–Kier alpha value is -2.48. The predicted octanol–water partition coefficient (Wildman–Crippen LogP) is 3.66. The minimum atomic E-state index is 0.371. The van der Waals surface area contributed by atoms with Gasteiger partial charge in [-0.15, -0.1) is 10.2 Å². The van der Waals surface area contributed by atoms with Crippen LogP contribution in [0.5, 0.6) is 0 Å². The highest BCUT2D eigenvalue weighted by molar-refractivity contribution is 6.30. The summed E-state index contributed by atoms with van der Waals surface area (Å²) in [5, 5.41) is 10.1. The smallest absolute Gasteiger partial charge is 0.151 e. The lowest BCUT2D eigenvalue weighted by atomic mass is 9.95. The fourth-order valence-electron chi connectivity index (χ4n) is 4.64. The van der Waals surface area contributed by atoms with Crippen molar-refractivity contribution < 1.29 is 4.74 Å². The third-order valence-electron chi connectivity index (χ3n) is 6.24. The van der Waals surface area contributed by atoms with E-state index in [-0.39, 0.29) is 0 Å². The zero-order valence-corrected chi connectivity index (χ0v) is 18.5. The first-order chi connectivity index (χ1) is 15.2. The van der Waals surface area contributed by atoms with Crippen LogP contribution in [0.25, 0.3) is 5.69 Å². The minimum Gasteiger partial charge on any atom is -0.383 e. The summed E-state index contributed by atoms with van der Waals surface area (Å²) in [6, 6.07) is 12.2. The molecular formula is C23H27ClN6O. The van der Waals surface area contributed by atoms with E-state index in [1.54, 1.807) is 7.11 Å². The summed E-state index contributed by atoms with van der Waals surface area (Å²) in [5.41, 5.74) is 2.35. The number of piperidine rings is 1. The molecule has 0 aliphatic carbocycles. The van der Waals surface area contributed by atoms with Crippen LogP contribution in [0.15, 0.2) is 42.6 Å². The summed E-state index contributed by atoms with van der Waals surface area (Å²) >= 11 is 6.35. The maximum Gasteiger partial charge on any atom is 0.151 e. The van der Waals surface area contributed by atoms with Gasteiger partial charge in [0.1, 0.15) is 11.6 Å². The van der Waals surface area contributed by atoms with Crippen molar-refractivity contribution in [3.8, 4) is 5.69 Å². The Morgan fingerprint density at radius 1 is 1.10 bits per heavy atom. The molecule has 2 aromatic heterocycles. The number of pyridine rings is 1. The third kappa shape index (κ3) is 4.18. The number of anilines is 1. The highest BCUT2D eigenvalue weighted by atomic mass is 35.5. The van der Waals surface area contributed by atoms with Crippen LogP contribution in [0.2, 0.25) is 5.02 Å². The van der Waals surface area contributed by atoms with E-state index in [1.165, 1.54) is 5.56 Å². The van der Waals surface area contributed by atoms with E-state index in [0.29, 0.717) is 12.5 Å². The summed E-state index contributed by atoms with van der Waals surface area (Å²) in [4.78, 5) is 9.21. The molecule has 5 rings (SSSR count). The Balaban J connectivity index is 1.43. The number of hydrogen-bond donors (Lipinski definition) is 0. The second-order valence-electron chi connectivity index (χ2n) is 8.24. The van der Waals surface area contributed by atoms with Crippen LogP contribution in [0, 0.1) is 0 Å². The molecular weight excluding hydrogens is 412 g/mol. The topological polar surface area (TPSA) is 59.3 Å². The first-order valence-corrected chi connectivity index (χ1v) is 11.2. The average molecular weight is 439 g/mol. The van der Waals surface area contributed by atoms with E-state index >= 15 is 0 Å². The molecule has 0 radical (unpaired) electrons. The molecule has 162 valence electrons. The van der Waals surface area contributed by atoms with Crippen LogP contribution in [0.4, 0.5) is 5.82 Å².